The van der Waals surface area contributed by atoms with Gasteiger partial charge in [0.05, 0.1) is 12.6 Å². The second kappa shape index (κ2) is 14.7. The number of aliphatic imine (C=N–C) groups is 1. The van der Waals surface area contributed by atoms with Gasteiger partial charge in [-0.05, 0) is 38.2 Å². The lowest BCUT2D eigenvalue weighted by molar-refractivity contribution is -0.122. The molecule has 1 amide bonds. The van der Waals surface area contributed by atoms with Crippen LogP contribution in [0.25, 0.3) is 0 Å². The number of piperidine rings is 1. The Kier molecular flexibility index (Phi) is 12.3. The number of ether oxygens (including phenoxy) is 1. The number of hydrogen-bond donors (Lipinski definition) is 3. The molecule has 180 valence electrons. The molecular formula is C24H40IN5O2. The average molecular weight is 558 g/mol. The highest BCUT2D eigenvalue weighted by atomic mass is 127. The maximum atomic E-state index is 11.9. The van der Waals surface area contributed by atoms with Gasteiger partial charge in [-0.15, -0.1) is 24.0 Å². The number of nitrogens with one attached hydrogen (secondary N) is 3. The van der Waals surface area contributed by atoms with E-state index in [0.29, 0.717) is 18.5 Å². The number of hydrogen-bond acceptors (Lipinski definition) is 4. The zero-order valence-electron chi connectivity index (χ0n) is 19.5. The van der Waals surface area contributed by atoms with Crippen LogP contribution in [0.5, 0.6) is 0 Å². The zero-order valence-corrected chi connectivity index (χ0v) is 21.8. The lowest BCUT2D eigenvalue weighted by atomic mass is 9.95. The van der Waals surface area contributed by atoms with Crippen molar-refractivity contribution in [2.24, 2.45) is 10.9 Å². The molecule has 3 rings (SSSR count). The molecule has 2 heterocycles. The van der Waals surface area contributed by atoms with Crippen LogP contribution in [0.3, 0.4) is 0 Å². The van der Waals surface area contributed by atoms with Crippen LogP contribution >= 0.6 is 24.0 Å². The van der Waals surface area contributed by atoms with Crippen LogP contribution in [0.2, 0.25) is 0 Å². The van der Waals surface area contributed by atoms with Crippen molar-refractivity contribution in [2.45, 2.75) is 51.7 Å². The number of halogens is 1. The number of guanidine groups is 1. The van der Waals surface area contributed by atoms with Crippen LogP contribution < -0.4 is 16.0 Å². The van der Waals surface area contributed by atoms with Gasteiger partial charge < -0.3 is 20.7 Å². The fraction of sp³-hybridized carbons (Fsp3) is 0.667. The molecule has 2 aliphatic rings. The predicted molar refractivity (Wildman–Crippen MR) is 141 cm³/mol. The lowest BCUT2D eigenvalue weighted by Gasteiger charge is -2.32. The SMILES string of the molecule is CCCNC(=O)CN1CCC(NC(=NCC2CCOC2c2ccccc2)NCC)CC1.I. The standard InChI is InChI=1S/C24H39N5O2.HI/c1-3-13-26-22(30)18-29-14-10-21(11-15-29)28-24(25-4-2)27-17-20-12-16-31-23(20)19-8-6-5-7-9-19;/h5-9,20-21,23H,3-4,10-18H2,1-2H3,(H,26,30)(H2,25,27,28);1H. The molecule has 2 unspecified atom stereocenters. The van der Waals surface area contributed by atoms with E-state index in [-0.39, 0.29) is 36.0 Å². The molecule has 0 aromatic heterocycles. The van der Waals surface area contributed by atoms with Crippen LogP contribution in [-0.4, -0.2) is 68.7 Å². The van der Waals surface area contributed by atoms with E-state index in [2.05, 4.69) is 59.0 Å². The first-order valence-electron chi connectivity index (χ1n) is 11.9. The van der Waals surface area contributed by atoms with Gasteiger partial charge in [0.1, 0.15) is 0 Å². The summed E-state index contributed by atoms with van der Waals surface area (Å²) in [5.41, 5.74) is 1.24. The van der Waals surface area contributed by atoms with Gasteiger partial charge in [0, 0.05) is 51.3 Å². The van der Waals surface area contributed by atoms with E-state index in [0.717, 1.165) is 71.0 Å². The highest BCUT2D eigenvalue weighted by Crippen LogP contribution is 2.34. The van der Waals surface area contributed by atoms with E-state index in [1.807, 2.05) is 6.07 Å². The summed E-state index contributed by atoms with van der Waals surface area (Å²) in [6.45, 7) is 9.69. The Bertz CT molecular complexity index is 695. The third-order valence-electron chi connectivity index (χ3n) is 6.04. The van der Waals surface area contributed by atoms with Gasteiger partial charge in [-0.3, -0.25) is 14.7 Å². The molecule has 0 radical (unpaired) electrons. The van der Waals surface area contributed by atoms with Crippen LogP contribution in [-0.2, 0) is 9.53 Å². The molecule has 3 N–H and O–H groups in total. The minimum atomic E-state index is 0. The monoisotopic (exact) mass is 557 g/mol. The topological polar surface area (TPSA) is 78.0 Å². The molecule has 0 bridgehead atoms. The van der Waals surface area contributed by atoms with E-state index in [1.54, 1.807) is 0 Å². The summed E-state index contributed by atoms with van der Waals surface area (Å²) in [5.74, 6) is 1.43. The molecule has 0 saturated carbocycles. The largest absolute Gasteiger partial charge is 0.373 e. The zero-order chi connectivity index (χ0) is 21.9. The minimum absolute atomic E-state index is 0. The minimum Gasteiger partial charge on any atom is -0.373 e. The Hall–Kier alpha value is -1.39. The van der Waals surface area contributed by atoms with Crippen molar-refractivity contribution in [3.05, 3.63) is 35.9 Å². The van der Waals surface area contributed by atoms with Crippen molar-refractivity contribution in [1.82, 2.24) is 20.9 Å². The van der Waals surface area contributed by atoms with Gasteiger partial charge in [-0.25, -0.2) is 0 Å². The molecule has 0 aliphatic carbocycles. The molecule has 7 nitrogen and oxygen atoms in total. The number of likely N-dealkylation sites (tertiary alicyclic amines) is 1. The second-order valence-corrected chi connectivity index (χ2v) is 8.52. The van der Waals surface area contributed by atoms with Crippen LogP contribution in [0.4, 0.5) is 0 Å². The summed E-state index contributed by atoms with van der Waals surface area (Å²) in [4.78, 5) is 19.1. The Morgan fingerprint density at radius 2 is 1.88 bits per heavy atom. The molecule has 2 fully saturated rings. The second-order valence-electron chi connectivity index (χ2n) is 8.52. The first-order valence-corrected chi connectivity index (χ1v) is 11.9. The summed E-state index contributed by atoms with van der Waals surface area (Å²) in [5, 5.41) is 9.97. The molecule has 32 heavy (non-hydrogen) atoms. The van der Waals surface area contributed by atoms with Crippen molar-refractivity contribution >= 4 is 35.8 Å². The summed E-state index contributed by atoms with van der Waals surface area (Å²) in [6.07, 6.45) is 4.19. The molecule has 2 atom stereocenters. The van der Waals surface area contributed by atoms with E-state index in [9.17, 15) is 4.79 Å². The smallest absolute Gasteiger partial charge is 0.234 e. The molecule has 8 heteroatoms. The van der Waals surface area contributed by atoms with Crippen molar-refractivity contribution in [1.29, 1.82) is 0 Å². The van der Waals surface area contributed by atoms with Gasteiger partial charge in [-0.1, -0.05) is 37.3 Å². The number of carbonyl (C=O) groups excluding carboxylic acids is 1. The van der Waals surface area contributed by atoms with Gasteiger partial charge in [-0.2, -0.15) is 0 Å². The normalized spacial score (nSPS) is 22.2. The van der Waals surface area contributed by atoms with Gasteiger partial charge in [0.25, 0.3) is 0 Å². The van der Waals surface area contributed by atoms with Crippen molar-refractivity contribution in [3.8, 4) is 0 Å². The Morgan fingerprint density at radius 1 is 1.12 bits per heavy atom. The molecule has 1 aromatic carbocycles. The third-order valence-corrected chi connectivity index (χ3v) is 6.04. The highest BCUT2D eigenvalue weighted by molar-refractivity contribution is 14.0. The number of rotatable bonds is 9. The molecule has 1 aromatic rings. The first kappa shape index (κ1) is 26.9. The maximum absolute atomic E-state index is 11.9. The van der Waals surface area contributed by atoms with Gasteiger partial charge >= 0.3 is 0 Å². The predicted octanol–water partition coefficient (Wildman–Crippen LogP) is 2.93. The molecule has 2 aliphatic heterocycles. The molecular weight excluding hydrogens is 517 g/mol. The van der Waals surface area contributed by atoms with Crippen molar-refractivity contribution in [2.75, 3.05) is 45.9 Å². The number of amides is 1. The Balaban J connectivity index is 0.00000363. The van der Waals surface area contributed by atoms with E-state index in [4.69, 9.17) is 9.73 Å². The number of benzene rings is 1. The number of carbonyl (C=O) groups is 1. The van der Waals surface area contributed by atoms with Crippen molar-refractivity contribution < 1.29 is 9.53 Å². The Morgan fingerprint density at radius 3 is 2.56 bits per heavy atom. The molecule has 2 saturated heterocycles. The van der Waals surface area contributed by atoms with Crippen LogP contribution in [0, 0.1) is 5.92 Å². The van der Waals surface area contributed by atoms with Crippen molar-refractivity contribution in [3.63, 3.8) is 0 Å². The van der Waals surface area contributed by atoms with Gasteiger partial charge in [0.2, 0.25) is 5.91 Å². The number of nitrogens with zero attached hydrogens (tertiary/aromatic N) is 2. The summed E-state index contributed by atoms with van der Waals surface area (Å²) in [6, 6.07) is 10.9. The lowest BCUT2D eigenvalue weighted by Crippen LogP contribution is -2.50. The maximum Gasteiger partial charge on any atom is 0.234 e. The fourth-order valence-electron chi connectivity index (χ4n) is 4.31. The quantitative estimate of drug-likeness (QED) is 0.247. The fourth-order valence-corrected chi connectivity index (χ4v) is 4.31. The van der Waals surface area contributed by atoms with Gasteiger partial charge in [0.15, 0.2) is 5.96 Å². The first-order chi connectivity index (χ1) is 15.2. The van der Waals surface area contributed by atoms with E-state index < -0.39 is 0 Å². The Labute approximate surface area is 210 Å². The summed E-state index contributed by atoms with van der Waals surface area (Å²) >= 11 is 0. The third kappa shape index (κ3) is 8.51. The van der Waals surface area contributed by atoms with Crippen LogP contribution in [0.1, 0.15) is 51.2 Å². The summed E-state index contributed by atoms with van der Waals surface area (Å²) < 4.78 is 6.01. The van der Waals surface area contributed by atoms with Crippen LogP contribution in [0.15, 0.2) is 35.3 Å². The average Bonchev–Trinajstić information content (AvgIpc) is 3.27. The molecule has 0 spiro atoms. The van der Waals surface area contributed by atoms with E-state index in [1.165, 1.54) is 5.56 Å². The summed E-state index contributed by atoms with van der Waals surface area (Å²) in [7, 11) is 0. The van der Waals surface area contributed by atoms with E-state index >= 15 is 0 Å². The highest BCUT2D eigenvalue weighted by Gasteiger charge is 2.29.